The Bertz CT molecular complexity index is 154. The average molecular weight is 141 g/mol. The Morgan fingerprint density at radius 1 is 1.80 bits per heavy atom. The summed E-state index contributed by atoms with van der Waals surface area (Å²) in [6.45, 7) is 0. The summed E-state index contributed by atoms with van der Waals surface area (Å²) in [7, 11) is 1.40. The zero-order valence-electron chi connectivity index (χ0n) is 6.04. The van der Waals surface area contributed by atoms with Crippen LogP contribution >= 0.6 is 0 Å². The molecule has 1 heterocycles. The van der Waals surface area contributed by atoms with Crippen molar-refractivity contribution in [2.75, 3.05) is 7.11 Å². The van der Waals surface area contributed by atoms with E-state index in [9.17, 15) is 4.79 Å². The fourth-order valence-electron chi connectivity index (χ4n) is 0.994. The number of ether oxygens (including phenoxy) is 1. The summed E-state index contributed by atoms with van der Waals surface area (Å²) in [4.78, 5) is 14.8. The molecule has 0 saturated carbocycles. The standard InChI is InChI=1S/C7H11NO2/c1-10-7(9)6-4-2-3-5-8-6/h5-6H,2-4H2,1H3. The predicted octanol–water partition coefficient (Wildman–Crippen LogP) is 0.783. The van der Waals surface area contributed by atoms with Crippen molar-refractivity contribution in [2.24, 2.45) is 4.99 Å². The quantitative estimate of drug-likeness (QED) is 0.506. The van der Waals surface area contributed by atoms with Crippen LogP contribution in [0.25, 0.3) is 0 Å². The molecule has 0 aromatic heterocycles. The van der Waals surface area contributed by atoms with Gasteiger partial charge in [0.05, 0.1) is 7.11 Å². The number of nitrogens with zero attached hydrogens (tertiary/aromatic N) is 1. The van der Waals surface area contributed by atoms with Crippen LogP contribution in [0.5, 0.6) is 0 Å². The predicted molar refractivity (Wildman–Crippen MR) is 38.1 cm³/mol. The molecule has 1 aliphatic rings. The van der Waals surface area contributed by atoms with Gasteiger partial charge in [-0.2, -0.15) is 0 Å². The van der Waals surface area contributed by atoms with Crippen LogP contribution in [0.15, 0.2) is 4.99 Å². The van der Waals surface area contributed by atoms with Crippen LogP contribution in [-0.2, 0) is 9.53 Å². The summed E-state index contributed by atoms with van der Waals surface area (Å²) >= 11 is 0. The van der Waals surface area contributed by atoms with Gasteiger partial charge in [-0.1, -0.05) is 0 Å². The van der Waals surface area contributed by atoms with Crippen LogP contribution in [0, 0.1) is 0 Å². The van der Waals surface area contributed by atoms with Crippen molar-refractivity contribution in [3.05, 3.63) is 0 Å². The lowest BCUT2D eigenvalue weighted by molar-refractivity contribution is -0.142. The highest BCUT2D eigenvalue weighted by molar-refractivity contribution is 5.78. The largest absolute Gasteiger partial charge is 0.467 e. The van der Waals surface area contributed by atoms with Crippen molar-refractivity contribution < 1.29 is 9.53 Å². The van der Waals surface area contributed by atoms with E-state index < -0.39 is 0 Å². The van der Waals surface area contributed by atoms with E-state index in [4.69, 9.17) is 0 Å². The molecule has 3 heteroatoms. The minimum atomic E-state index is -0.223. The molecule has 0 fully saturated rings. The Kier molecular flexibility index (Phi) is 2.42. The van der Waals surface area contributed by atoms with E-state index in [2.05, 4.69) is 9.73 Å². The lowest BCUT2D eigenvalue weighted by atomic mass is 10.1. The van der Waals surface area contributed by atoms with Crippen LogP contribution in [0.1, 0.15) is 19.3 Å². The number of carbonyl (C=O) groups is 1. The van der Waals surface area contributed by atoms with Crippen LogP contribution in [-0.4, -0.2) is 25.3 Å². The van der Waals surface area contributed by atoms with E-state index in [1.807, 2.05) is 0 Å². The fraction of sp³-hybridized carbons (Fsp3) is 0.714. The lowest BCUT2D eigenvalue weighted by Gasteiger charge is -2.12. The number of rotatable bonds is 1. The molecule has 0 aromatic rings. The fourth-order valence-corrected chi connectivity index (χ4v) is 0.994. The zero-order chi connectivity index (χ0) is 7.40. The minimum Gasteiger partial charge on any atom is -0.467 e. The van der Waals surface area contributed by atoms with E-state index in [1.54, 1.807) is 6.21 Å². The molecule has 0 saturated heterocycles. The summed E-state index contributed by atoms with van der Waals surface area (Å²) in [5.41, 5.74) is 0. The first kappa shape index (κ1) is 7.25. The van der Waals surface area contributed by atoms with E-state index >= 15 is 0 Å². The first-order valence-electron chi connectivity index (χ1n) is 3.44. The number of methoxy groups -OCH3 is 1. The molecule has 10 heavy (non-hydrogen) atoms. The van der Waals surface area contributed by atoms with Crippen LogP contribution in [0.2, 0.25) is 0 Å². The molecule has 0 aromatic carbocycles. The van der Waals surface area contributed by atoms with Crippen molar-refractivity contribution in [3.8, 4) is 0 Å². The Morgan fingerprint density at radius 2 is 2.60 bits per heavy atom. The third kappa shape index (κ3) is 1.56. The minimum absolute atomic E-state index is 0.212. The normalized spacial score (nSPS) is 24.3. The monoisotopic (exact) mass is 141 g/mol. The molecule has 0 aliphatic carbocycles. The second-order valence-electron chi connectivity index (χ2n) is 2.30. The summed E-state index contributed by atoms with van der Waals surface area (Å²) in [6, 6.07) is -0.223. The number of carbonyl (C=O) groups excluding carboxylic acids is 1. The molecule has 0 N–H and O–H groups in total. The van der Waals surface area contributed by atoms with Gasteiger partial charge in [-0.3, -0.25) is 4.99 Å². The molecular weight excluding hydrogens is 130 g/mol. The van der Waals surface area contributed by atoms with Gasteiger partial charge in [-0.25, -0.2) is 4.79 Å². The molecule has 0 radical (unpaired) electrons. The molecule has 1 unspecified atom stereocenters. The Morgan fingerprint density at radius 3 is 3.10 bits per heavy atom. The molecular formula is C7H11NO2. The van der Waals surface area contributed by atoms with Gasteiger partial charge in [0.25, 0.3) is 0 Å². The maximum absolute atomic E-state index is 10.8. The number of esters is 1. The summed E-state index contributed by atoms with van der Waals surface area (Å²) in [6.07, 6.45) is 4.67. The topological polar surface area (TPSA) is 38.7 Å². The number of aliphatic imine (C=N–C) groups is 1. The SMILES string of the molecule is COC(=O)C1CCCC=N1. The smallest absolute Gasteiger partial charge is 0.330 e. The van der Waals surface area contributed by atoms with Gasteiger partial charge in [0, 0.05) is 0 Å². The molecule has 3 nitrogen and oxygen atoms in total. The second-order valence-corrected chi connectivity index (χ2v) is 2.30. The van der Waals surface area contributed by atoms with Crippen molar-refractivity contribution in [1.29, 1.82) is 0 Å². The van der Waals surface area contributed by atoms with Gasteiger partial charge in [0.1, 0.15) is 6.04 Å². The third-order valence-corrected chi connectivity index (χ3v) is 1.57. The summed E-state index contributed by atoms with van der Waals surface area (Å²) in [5, 5.41) is 0. The van der Waals surface area contributed by atoms with Crippen LogP contribution in [0.3, 0.4) is 0 Å². The van der Waals surface area contributed by atoms with Crippen LogP contribution in [0.4, 0.5) is 0 Å². The van der Waals surface area contributed by atoms with Crippen molar-refractivity contribution in [3.63, 3.8) is 0 Å². The Balaban J connectivity index is 2.46. The summed E-state index contributed by atoms with van der Waals surface area (Å²) < 4.78 is 4.54. The lowest BCUT2D eigenvalue weighted by Crippen LogP contribution is -2.22. The molecule has 1 atom stereocenters. The van der Waals surface area contributed by atoms with E-state index in [0.29, 0.717) is 0 Å². The van der Waals surface area contributed by atoms with E-state index in [1.165, 1.54) is 7.11 Å². The highest BCUT2D eigenvalue weighted by atomic mass is 16.5. The highest BCUT2D eigenvalue weighted by Crippen LogP contribution is 2.10. The second kappa shape index (κ2) is 3.34. The van der Waals surface area contributed by atoms with Gasteiger partial charge >= 0.3 is 5.97 Å². The molecule has 0 bridgehead atoms. The Hall–Kier alpha value is -0.860. The van der Waals surface area contributed by atoms with Crippen molar-refractivity contribution in [1.82, 2.24) is 0 Å². The summed E-state index contributed by atoms with van der Waals surface area (Å²) in [5.74, 6) is -0.212. The molecule has 1 rings (SSSR count). The third-order valence-electron chi connectivity index (χ3n) is 1.57. The van der Waals surface area contributed by atoms with Gasteiger partial charge in [0.2, 0.25) is 0 Å². The van der Waals surface area contributed by atoms with Crippen LogP contribution < -0.4 is 0 Å². The first-order chi connectivity index (χ1) is 4.84. The van der Waals surface area contributed by atoms with Gasteiger partial charge in [0.15, 0.2) is 0 Å². The maximum Gasteiger partial charge on any atom is 0.330 e. The van der Waals surface area contributed by atoms with E-state index in [0.717, 1.165) is 19.3 Å². The van der Waals surface area contributed by atoms with Gasteiger partial charge < -0.3 is 4.74 Å². The van der Waals surface area contributed by atoms with Crippen molar-refractivity contribution >= 4 is 12.2 Å². The Labute approximate surface area is 60.1 Å². The molecule has 0 amide bonds. The van der Waals surface area contributed by atoms with Gasteiger partial charge in [-0.05, 0) is 25.5 Å². The number of hydrogen-bond donors (Lipinski definition) is 0. The van der Waals surface area contributed by atoms with E-state index in [-0.39, 0.29) is 12.0 Å². The molecule has 0 spiro atoms. The van der Waals surface area contributed by atoms with Crippen molar-refractivity contribution in [2.45, 2.75) is 25.3 Å². The molecule has 56 valence electrons. The average Bonchev–Trinajstić information content (AvgIpc) is 2.05. The van der Waals surface area contributed by atoms with Gasteiger partial charge in [-0.15, -0.1) is 0 Å². The number of hydrogen-bond acceptors (Lipinski definition) is 3. The first-order valence-corrected chi connectivity index (χ1v) is 3.44. The highest BCUT2D eigenvalue weighted by Gasteiger charge is 2.18. The molecule has 1 aliphatic heterocycles. The zero-order valence-corrected chi connectivity index (χ0v) is 6.04. The maximum atomic E-state index is 10.8.